The van der Waals surface area contributed by atoms with Gasteiger partial charge in [-0.25, -0.2) is 0 Å². The van der Waals surface area contributed by atoms with Gasteiger partial charge >= 0.3 is 5.97 Å². The first-order chi connectivity index (χ1) is 13.5. The summed E-state index contributed by atoms with van der Waals surface area (Å²) in [7, 11) is 0. The van der Waals surface area contributed by atoms with E-state index in [-0.39, 0.29) is 17.2 Å². The number of aromatic nitrogens is 1. The molecule has 154 valence electrons. The fourth-order valence-corrected chi connectivity index (χ4v) is 3.80. The summed E-state index contributed by atoms with van der Waals surface area (Å²) >= 11 is 1.17. The van der Waals surface area contributed by atoms with Gasteiger partial charge in [-0.1, -0.05) is 0 Å². The first-order valence-corrected chi connectivity index (χ1v) is 9.76. The number of hydrogen-bond acceptors (Lipinski definition) is 7. The van der Waals surface area contributed by atoms with Crippen molar-refractivity contribution in [1.82, 2.24) is 4.98 Å². The number of Topliss-reactive ketones (excluding diaryl/α,β-unsaturated/α-hetero) is 2. The average molecular weight is 418 g/mol. The predicted octanol–water partition coefficient (Wildman–Crippen LogP) is 4.04. The molecule has 2 rings (SSSR count). The van der Waals surface area contributed by atoms with Crippen LogP contribution in [0.3, 0.4) is 0 Å². The molecular formula is C20H22N2O6S. The molecule has 0 fully saturated rings. The smallest absolute Gasteiger partial charge is 0.319 e. The van der Waals surface area contributed by atoms with Crippen LogP contribution in [0.4, 0.5) is 5.69 Å². The summed E-state index contributed by atoms with van der Waals surface area (Å²) in [5, 5.41) is 10.1. The number of nitrogens with zero attached hydrogens (tertiary/aromatic N) is 1. The Labute approximate surface area is 172 Å². The molecule has 1 aromatic carbocycles. The van der Waals surface area contributed by atoms with Gasteiger partial charge in [0.05, 0.1) is 10.6 Å². The van der Waals surface area contributed by atoms with Crippen LogP contribution in [0.15, 0.2) is 29.2 Å². The largest absolute Gasteiger partial charge is 0.453 e. The highest BCUT2D eigenvalue weighted by molar-refractivity contribution is 8.00. The summed E-state index contributed by atoms with van der Waals surface area (Å²) in [5.74, 6) is -1.14. The zero-order valence-corrected chi connectivity index (χ0v) is 17.6. The number of non-ortho nitro benzene ring substituents is 1. The maximum absolute atomic E-state index is 12.7. The van der Waals surface area contributed by atoms with Gasteiger partial charge in [-0.15, -0.1) is 11.8 Å². The molecule has 1 aromatic heterocycles. The number of hydrogen-bond donors (Lipinski definition) is 1. The van der Waals surface area contributed by atoms with E-state index in [0.29, 0.717) is 21.7 Å². The topological polar surface area (TPSA) is 119 Å². The van der Waals surface area contributed by atoms with Crippen molar-refractivity contribution in [3.63, 3.8) is 0 Å². The third-order valence-electron chi connectivity index (χ3n) is 4.39. The molecule has 9 heteroatoms. The van der Waals surface area contributed by atoms with Gasteiger partial charge in [0.15, 0.2) is 11.9 Å². The van der Waals surface area contributed by atoms with Crippen molar-refractivity contribution in [2.24, 2.45) is 0 Å². The normalized spacial score (nSPS) is 12.9. The second-order valence-electron chi connectivity index (χ2n) is 6.64. The zero-order valence-electron chi connectivity index (χ0n) is 16.8. The Balaban J connectivity index is 2.04. The molecule has 1 heterocycles. The molecule has 0 aliphatic rings. The van der Waals surface area contributed by atoms with E-state index < -0.39 is 28.0 Å². The van der Waals surface area contributed by atoms with E-state index in [9.17, 15) is 24.5 Å². The number of carbonyl (C=O) groups excluding carboxylic acids is 3. The SMILES string of the molecule is CC(=O)c1c(C)[nH]c(C(=O)[C@H](C)OC(=O)[C@H](C)Sc2ccc([N+](=O)[O-])cc2)c1C. The van der Waals surface area contributed by atoms with E-state index in [1.807, 2.05) is 0 Å². The van der Waals surface area contributed by atoms with Crippen molar-refractivity contribution >= 4 is 35.0 Å². The quantitative estimate of drug-likeness (QED) is 0.226. The Bertz CT molecular complexity index is 964. The van der Waals surface area contributed by atoms with E-state index >= 15 is 0 Å². The highest BCUT2D eigenvalue weighted by atomic mass is 32.2. The van der Waals surface area contributed by atoms with Crippen molar-refractivity contribution < 1.29 is 24.0 Å². The van der Waals surface area contributed by atoms with Crippen LogP contribution in [0.5, 0.6) is 0 Å². The summed E-state index contributed by atoms with van der Waals surface area (Å²) < 4.78 is 5.30. The number of aromatic amines is 1. The van der Waals surface area contributed by atoms with Crippen molar-refractivity contribution in [1.29, 1.82) is 0 Å². The minimum Gasteiger partial charge on any atom is -0.453 e. The van der Waals surface area contributed by atoms with Crippen LogP contribution in [0.1, 0.15) is 52.9 Å². The number of aryl methyl sites for hydroxylation is 1. The van der Waals surface area contributed by atoms with Crippen LogP contribution in [-0.2, 0) is 9.53 Å². The van der Waals surface area contributed by atoms with Crippen LogP contribution in [0.25, 0.3) is 0 Å². The number of thioether (sulfide) groups is 1. The Morgan fingerprint density at radius 3 is 2.21 bits per heavy atom. The maximum Gasteiger partial charge on any atom is 0.319 e. The monoisotopic (exact) mass is 418 g/mol. The summed E-state index contributed by atoms with van der Waals surface area (Å²) in [4.78, 5) is 50.6. The Hall–Kier alpha value is -2.94. The standard InChI is InChI=1S/C20H22N2O6S/c1-10-17(12(3)23)11(2)21-18(10)19(24)13(4)28-20(25)14(5)29-16-8-6-15(7-9-16)22(26)27/h6-9,13-14,21H,1-5H3/t13-,14-/m0/s1. The third-order valence-corrected chi connectivity index (χ3v) is 5.48. The van der Waals surface area contributed by atoms with Crippen molar-refractivity contribution in [2.75, 3.05) is 0 Å². The minimum absolute atomic E-state index is 0.0367. The van der Waals surface area contributed by atoms with Crippen LogP contribution >= 0.6 is 11.8 Å². The van der Waals surface area contributed by atoms with E-state index in [1.165, 1.54) is 37.7 Å². The predicted molar refractivity (Wildman–Crippen MR) is 109 cm³/mol. The van der Waals surface area contributed by atoms with E-state index in [0.717, 1.165) is 0 Å². The lowest BCUT2D eigenvalue weighted by Crippen LogP contribution is -2.29. The molecule has 0 spiro atoms. The number of H-pyrrole nitrogens is 1. The number of nitro groups is 1. The molecule has 0 bridgehead atoms. The number of rotatable bonds is 8. The number of esters is 1. The summed E-state index contributed by atoms with van der Waals surface area (Å²) in [6.07, 6.45) is -1.03. The molecule has 0 radical (unpaired) electrons. The average Bonchev–Trinajstić information content (AvgIpc) is 2.95. The fraction of sp³-hybridized carbons (Fsp3) is 0.350. The maximum atomic E-state index is 12.7. The second-order valence-corrected chi connectivity index (χ2v) is 8.05. The van der Waals surface area contributed by atoms with E-state index in [4.69, 9.17) is 4.74 Å². The number of ether oxygens (including phenoxy) is 1. The highest BCUT2D eigenvalue weighted by Gasteiger charge is 2.27. The molecule has 0 amide bonds. The lowest BCUT2D eigenvalue weighted by atomic mass is 10.0. The van der Waals surface area contributed by atoms with Crippen LogP contribution in [0, 0.1) is 24.0 Å². The molecule has 8 nitrogen and oxygen atoms in total. The van der Waals surface area contributed by atoms with Crippen molar-refractivity contribution in [2.45, 2.75) is 50.9 Å². The molecule has 0 saturated carbocycles. The number of nitrogens with one attached hydrogen (secondary N) is 1. The molecule has 29 heavy (non-hydrogen) atoms. The highest BCUT2D eigenvalue weighted by Crippen LogP contribution is 2.27. The second kappa shape index (κ2) is 9.04. The lowest BCUT2D eigenvalue weighted by Gasteiger charge is -2.16. The third kappa shape index (κ3) is 5.11. The van der Waals surface area contributed by atoms with Gasteiger partial charge < -0.3 is 9.72 Å². The van der Waals surface area contributed by atoms with Gasteiger partial charge in [-0.3, -0.25) is 24.5 Å². The zero-order chi connectivity index (χ0) is 21.9. The molecular weight excluding hydrogens is 396 g/mol. The summed E-state index contributed by atoms with van der Waals surface area (Å²) in [6.45, 7) is 7.92. The van der Waals surface area contributed by atoms with Gasteiger partial charge in [-0.05, 0) is 52.3 Å². The first-order valence-electron chi connectivity index (χ1n) is 8.88. The van der Waals surface area contributed by atoms with E-state index in [2.05, 4.69) is 4.98 Å². The Morgan fingerprint density at radius 1 is 1.14 bits per heavy atom. The van der Waals surface area contributed by atoms with Gasteiger partial charge in [0.25, 0.3) is 5.69 Å². The minimum atomic E-state index is -1.03. The Morgan fingerprint density at radius 2 is 1.72 bits per heavy atom. The van der Waals surface area contributed by atoms with Gasteiger partial charge in [-0.2, -0.15) is 0 Å². The van der Waals surface area contributed by atoms with Crippen LogP contribution in [-0.4, -0.2) is 38.8 Å². The van der Waals surface area contributed by atoms with Crippen LogP contribution in [0.2, 0.25) is 0 Å². The number of carbonyl (C=O) groups is 3. The summed E-state index contributed by atoms with van der Waals surface area (Å²) in [6, 6.07) is 5.82. The van der Waals surface area contributed by atoms with Crippen molar-refractivity contribution in [3.8, 4) is 0 Å². The number of benzene rings is 1. The molecule has 0 aliphatic heterocycles. The van der Waals surface area contributed by atoms with Gasteiger partial charge in [0, 0.05) is 28.3 Å². The lowest BCUT2D eigenvalue weighted by molar-refractivity contribution is -0.384. The summed E-state index contributed by atoms with van der Waals surface area (Å²) in [5.41, 5.74) is 1.82. The van der Waals surface area contributed by atoms with Crippen molar-refractivity contribution in [3.05, 3.63) is 56.9 Å². The molecule has 2 atom stereocenters. The molecule has 1 N–H and O–H groups in total. The Kier molecular flexibility index (Phi) is 6.97. The van der Waals surface area contributed by atoms with Gasteiger partial charge in [0.1, 0.15) is 5.25 Å². The number of nitro benzene ring substituents is 1. The van der Waals surface area contributed by atoms with E-state index in [1.54, 1.807) is 32.9 Å². The van der Waals surface area contributed by atoms with Gasteiger partial charge in [0.2, 0.25) is 5.78 Å². The fourth-order valence-electron chi connectivity index (χ4n) is 2.95. The number of ketones is 2. The molecule has 0 unspecified atom stereocenters. The first kappa shape index (κ1) is 22.4. The molecule has 2 aromatic rings. The van der Waals surface area contributed by atoms with Crippen LogP contribution < -0.4 is 0 Å². The molecule has 0 saturated heterocycles. The molecule has 0 aliphatic carbocycles.